The number of nitrogens with zero attached hydrogens (tertiary/aromatic N) is 1. The quantitative estimate of drug-likeness (QED) is 0.759. The summed E-state index contributed by atoms with van der Waals surface area (Å²) in [5, 5.41) is 3.31. The lowest BCUT2D eigenvalue weighted by atomic mass is 9.77. The molecule has 2 rings (SSSR count). The second kappa shape index (κ2) is 5.40. The topological polar surface area (TPSA) is 66.5 Å². The molecule has 0 aromatic heterocycles. The predicted molar refractivity (Wildman–Crippen MR) is 74.7 cm³/mol. The Labute approximate surface area is 115 Å². The van der Waals surface area contributed by atoms with Gasteiger partial charge in [0.15, 0.2) is 9.84 Å². The molecule has 1 N–H and O–H groups in total. The molecule has 6 heteroatoms. The van der Waals surface area contributed by atoms with Crippen LogP contribution in [0.2, 0.25) is 0 Å². The highest BCUT2D eigenvalue weighted by atomic mass is 32.2. The molecule has 0 aromatic carbocycles. The molecule has 0 bridgehead atoms. The van der Waals surface area contributed by atoms with Crippen molar-refractivity contribution < 1.29 is 13.2 Å². The van der Waals surface area contributed by atoms with Gasteiger partial charge >= 0.3 is 0 Å². The first-order chi connectivity index (χ1) is 8.82. The van der Waals surface area contributed by atoms with E-state index in [-0.39, 0.29) is 28.9 Å². The highest BCUT2D eigenvalue weighted by Crippen LogP contribution is 2.31. The first-order valence-electron chi connectivity index (χ1n) is 7.04. The van der Waals surface area contributed by atoms with Gasteiger partial charge in [-0.3, -0.25) is 4.79 Å². The molecular formula is C13H24N2O3S. The fraction of sp³-hybridized carbons (Fsp3) is 0.923. The van der Waals surface area contributed by atoms with Gasteiger partial charge in [-0.05, 0) is 31.2 Å². The van der Waals surface area contributed by atoms with E-state index in [4.69, 9.17) is 0 Å². The minimum atomic E-state index is -2.96. The van der Waals surface area contributed by atoms with E-state index in [0.717, 1.165) is 19.4 Å². The third-order valence-electron chi connectivity index (χ3n) is 4.24. The zero-order chi connectivity index (χ0) is 14.1. The van der Waals surface area contributed by atoms with E-state index < -0.39 is 9.84 Å². The minimum absolute atomic E-state index is 0.0550. The summed E-state index contributed by atoms with van der Waals surface area (Å²) in [5.74, 6) is 0.381. The van der Waals surface area contributed by atoms with Crippen molar-refractivity contribution in [2.24, 2.45) is 5.41 Å². The van der Waals surface area contributed by atoms with Crippen LogP contribution in [0.4, 0.5) is 0 Å². The summed E-state index contributed by atoms with van der Waals surface area (Å²) in [5.41, 5.74) is -0.0550. The largest absolute Gasteiger partial charge is 0.340 e. The molecule has 1 atom stereocenters. The van der Waals surface area contributed by atoms with Crippen molar-refractivity contribution in [1.29, 1.82) is 0 Å². The lowest BCUT2D eigenvalue weighted by Gasteiger charge is -2.40. The molecule has 1 amide bonds. The highest BCUT2D eigenvalue weighted by Gasteiger charge is 2.39. The van der Waals surface area contributed by atoms with Crippen LogP contribution in [0.15, 0.2) is 0 Å². The summed E-state index contributed by atoms with van der Waals surface area (Å²) in [7, 11) is -2.96. The molecule has 2 aliphatic rings. The molecule has 2 saturated heterocycles. The number of nitrogens with one attached hydrogen (secondary N) is 1. The first-order valence-corrected chi connectivity index (χ1v) is 8.87. The zero-order valence-corrected chi connectivity index (χ0v) is 12.6. The number of piperidine rings is 1. The molecule has 0 spiro atoms. The van der Waals surface area contributed by atoms with Crippen molar-refractivity contribution in [1.82, 2.24) is 10.2 Å². The van der Waals surface area contributed by atoms with E-state index in [1.54, 1.807) is 4.90 Å². The van der Waals surface area contributed by atoms with Crippen LogP contribution in [0.25, 0.3) is 0 Å². The second-order valence-corrected chi connectivity index (χ2v) is 8.61. The maximum Gasteiger partial charge on any atom is 0.240 e. The van der Waals surface area contributed by atoms with Crippen molar-refractivity contribution in [3.63, 3.8) is 0 Å². The first kappa shape index (κ1) is 14.8. The molecule has 19 heavy (non-hydrogen) atoms. The number of carbonyl (C=O) groups is 1. The number of amides is 1. The summed E-state index contributed by atoms with van der Waals surface area (Å²) >= 11 is 0. The van der Waals surface area contributed by atoms with Gasteiger partial charge in [0.25, 0.3) is 0 Å². The number of hydrogen-bond donors (Lipinski definition) is 1. The van der Waals surface area contributed by atoms with E-state index in [2.05, 4.69) is 19.2 Å². The second-order valence-electron chi connectivity index (χ2n) is 6.31. The third kappa shape index (κ3) is 3.48. The average Bonchev–Trinajstić information content (AvgIpc) is 2.49. The lowest BCUT2D eigenvalue weighted by Crippen LogP contribution is -2.57. The molecule has 0 saturated carbocycles. The van der Waals surface area contributed by atoms with Crippen LogP contribution < -0.4 is 5.32 Å². The highest BCUT2D eigenvalue weighted by molar-refractivity contribution is 7.91. The van der Waals surface area contributed by atoms with Gasteiger partial charge in [0.05, 0.1) is 17.5 Å². The Morgan fingerprint density at radius 2 is 1.95 bits per heavy atom. The van der Waals surface area contributed by atoms with Crippen molar-refractivity contribution in [2.45, 2.75) is 39.2 Å². The van der Waals surface area contributed by atoms with Crippen molar-refractivity contribution in [3.8, 4) is 0 Å². The smallest absolute Gasteiger partial charge is 0.240 e. The monoisotopic (exact) mass is 288 g/mol. The Hall–Kier alpha value is -0.620. The third-order valence-corrected chi connectivity index (χ3v) is 5.96. The van der Waals surface area contributed by atoms with Crippen LogP contribution in [0.5, 0.6) is 0 Å². The van der Waals surface area contributed by atoms with Crippen LogP contribution in [-0.2, 0) is 14.6 Å². The zero-order valence-electron chi connectivity index (χ0n) is 11.8. The Morgan fingerprint density at radius 1 is 1.21 bits per heavy atom. The molecule has 1 unspecified atom stereocenters. The van der Waals surface area contributed by atoms with Gasteiger partial charge in [0.2, 0.25) is 5.91 Å². The maximum atomic E-state index is 12.6. The van der Waals surface area contributed by atoms with Crippen molar-refractivity contribution in [2.75, 3.05) is 31.1 Å². The Bertz CT molecular complexity index is 445. The summed E-state index contributed by atoms with van der Waals surface area (Å²) in [4.78, 5) is 14.3. The van der Waals surface area contributed by atoms with Gasteiger partial charge < -0.3 is 10.2 Å². The Balaban J connectivity index is 2.06. The molecular weight excluding hydrogens is 264 g/mol. The number of sulfone groups is 1. The Morgan fingerprint density at radius 3 is 2.63 bits per heavy atom. The van der Waals surface area contributed by atoms with E-state index in [1.165, 1.54) is 0 Å². The van der Waals surface area contributed by atoms with Gasteiger partial charge in [-0.25, -0.2) is 8.42 Å². The number of rotatable bonds is 1. The van der Waals surface area contributed by atoms with Crippen LogP contribution >= 0.6 is 0 Å². The van der Waals surface area contributed by atoms with Gasteiger partial charge in [0, 0.05) is 13.1 Å². The van der Waals surface area contributed by atoms with Crippen LogP contribution in [0.1, 0.15) is 33.1 Å². The van der Waals surface area contributed by atoms with Gasteiger partial charge in [0.1, 0.15) is 0 Å². The SMILES string of the molecule is CC1(C)CCCNC1C(=O)N1CCCS(=O)(=O)CC1. The van der Waals surface area contributed by atoms with Crippen molar-refractivity contribution in [3.05, 3.63) is 0 Å². The van der Waals surface area contributed by atoms with Crippen LogP contribution in [0, 0.1) is 5.41 Å². The van der Waals surface area contributed by atoms with E-state index in [1.807, 2.05) is 0 Å². The summed E-state index contributed by atoms with van der Waals surface area (Å²) in [6.07, 6.45) is 2.68. The van der Waals surface area contributed by atoms with Gasteiger partial charge in [-0.15, -0.1) is 0 Å². The molecule has 110 valence electrons. The standard InChI is InChI=1S/C13H24N2O3S/c1-13(2)5-3-6-14-11(13)12(16)15-7-4-9-19(17,18)10-8-15/h11,14H,3-10H2,1-2H3. The summed E-state index contributed by atoms with van der Waals surface area (Å²) in [6.45, 7) is 5.99. The molecule has 0 aliphatic carbocycles. The predicted octanol–water partition coefficient (Wildman–Crippen LogP) is 0.412. The van der Waals surface area contributed by atoms with Gasteiger partial charge in [-0.1, -0.05) is 13.8 Å². The van der Waals surface area contributed by atoms with Crippen LogP contribution in [-0.4, -0.2) is 56.4 Å². The lowest BCUT2D eigenvalue weighted by molar-refractivity contribution is -0.137. The molecule has 0 radical (unpaired) electrons. The van der Waals surface area contributed by atoms with E-state index in [0.29, 0.717) is 19.5 Å². The maximum absolute atomic E-state index is 12.6. The molecule has 0 aromatic rings. The molecule has 2 fully saturated rings. The summed E-state index contributed by atoms with van der Waals surface area (Å²) < 4.78 is 23.2. The normalized spacial score (nSPS) is 30.6. The molecule has 5 nitrogen and oxygen atoms in total. The van der Waals surface area contributed by atoms with Gasteiger partial charge in [-0.2, -0.15) is 0 Å². The summed E-state index contributed by atoms with van der Waals surface area (Å²) in [6, 6.07) is -0.179. The van der Waals surface area contributed by atoms with Crippen molar-refractivity contribution >= 4 is 15.7 Å². The number of carbonyl (C=O) groups excluding carboxylic acids is 1. The molecule has 2 aliphatic heterocycles. The average molecular weight is 288 g/mol. The minimum Gasteiger partial charge on any atom is -0.340 e. The number of hydrogen-bond acceptors (Lipinski definition) is 4. The fourth-order valence-electron chi connectivity index (χ4n) is 2.97. The molecule has 2 heterocycles. The fourth-order valence-corrected chi connectivity index (χ4v) is 4.25. The Kier molecular flexibility index (Phi) is 4.20. The van der Waals surface area contributed by atoms with E-state index >= 15 is 0 Å². The van der Waals surface area contributed by atoms with E-state index in [9.17, 15) is 13.2 Å². The van der Waals surface area contributed by atoms with Crippen LogP contribution in [0.3, 0.4) is 0 Å².